The molecule has 0 saturated carbocycles. The minimum absolute atomic E-state index is 0.112. The van der Waals surface area contributed by atoms with Crippen molar-refractivity contribution in [1.29, 1.82) is 0 Å². The summed E-state index contributed by atoms with van der Waals surface area (Å²) in [6, 6.07) is 6.80. The van der Waals surface area contributed by atoms with Gasteiger partial charge in [0.05, 0.1) is 6.10 Å². The molecule has 1 aliphatic heterocycles. The highest BCUT2D eigenvalue weighted by Gasteiger charge is 2.23. The van der Waals surface area contributed by atoms with Crippen LogP contribution in [0.5, 0.6) is 5.75 Å². The summed E-state index contributed by atoms with van der Waals surface area (Å²) in [5.41, 5.74) is 0.982. The molecule has 0 spiro atoms. The fourth-order valence-electron chi connectivity index (χ4n) is 2.38. The summed E-state index contributed by atoms with van der Waals surface area (Å²) >= 11 is 0. The molecule has 0 amide bonds. The van der Waals surface area contributed by atoms with Gasteiger partial charge in [-0.05, 0) is 50.3 Å². The van der Waals surface area contributed by atoms with E-state index < -0.39 is 10.1 Å². The molecule has 1 saturated heterocycles. The van der Waals surface area contributed by atoms with E-state index in [1.54, 1.807) is 31.2 Å². The van der Waals surface area contributed by atoms with E-state index in [1.807, 2.05) is 0 Å². The number of aryl methyl sites for hydroxylation is 1. The van der Waals surface area contributed by atoms with Crippen LogP contribution >= 0.6 is 0 Å². The van der Waals surface area contributed by atoms with E-state index in [0.717, 1.165) is 24.8 Å². The molecule has 22 heavy (non-hydrogen) atoms. The highest BCUT2D eigenvalue weighted by atomic mass is 32.2. The topological polar surface area (TPSA) is 69.7 Å². The van der Waals surface area contributed by atoms with Crippen molar-refractivity contribution in [2.24, 2.45) is 0 Å². The van der Waals surface area contributed by atoms with Gasteiger partial charge in [-0.15, -0.1) is 0 Å². The van der Waals surface area contributed by atoms with Crippen LogP contribution < -0.4 is 4.18 Å². The second-order valence-electron chi connectivity index (χ2n) is 5.64. The number of benzene rings is 1. The molecule has 6 heteroatoms. The van der Waals surface area contributed by atoms with E-state index in [1.165, 1.54) is 0 Å². The number of carbonyl (C=O) groups excluding carboxylic acids is 1. The number of hydrogen-bond acceptors (Lipinski definition) is 5. The maximum Gasteiger partial charge on any atom is 0.311 e. The van der Waals surface area contributed by atoms with Crippen LogP contribution in [0.15, 0.2) is 24.3 Å². The van der Waals surface area contributed by atoms with Crippen molar-refractivity contribution in [3.63, 3.8) is 0 Å². The first-order valence-corrected chi connectivity index (χ1v) is 9.14. The molecule has 0 bridgehead atoms. The number of ether oxygens (including phenoxy) is 1. The van der Waals surface area contributed by atoms with Crippen LogP contribution in [0.3, 0.4) is 0 Å². The Morgan fingerprint density at radius 3 is 2.59 bits per heavy atom. The minimum Gasteiger partial charge on any atom is -0.382 e. The van der Waals surface area contributed by atoms with Crippen molar-refractivity contribution < 1.29 is 22.1 Å². The molecule has 1 heterocycles. The molecule has 5 nitrogen and oxygen atoms in total. The summed E-state index contributed by atoms with van der Waals surface area (Å²) < 4.78 is 34.6. The van der Waals surface area contributed by atoms with Gasteiger partial charge >= 0.3 is 10.1 Å². The van der Waals surface area contributed by atoms with Crippen LogP contribution in [0.1, 0.15) is 38.2 Å². The second kappa shape index (κ2) is 7.74. The Bertz CT molecular complexity index is 585. The molecule has 2 rings (SSSR count). The van der Waals surface area contributed by atoms with Crippen molar-refractivity contribution in [2.75, 3.05) is 12.4 Å². The van der Waals surface area contributed by atoms with Gasteiger partial charge < -0.3 is 13.7 Å². The first-order chi connectivity index (χ1) is 10.4. The Hall–Kier alpha value is -1.40. The van der Waals surface area contributed by atoms with Crippen LogP contribution in [0.2, 0.25) is 0 Å². The van der Waals surface area contributed by atoms with Gasteiger partial charge in [-0.1, -0.05) is 12.1 Å². The monoisotopic (exact) mass is 326 g/mol. The fraction of sp³-hybridized carbons (Fsp3) is 0.562. The molecule has 0 aromatic heterocycles. The molecule has 0 N–H and O–H groups in total. The summed E-state index contributed by atoms with van der Waals surface area (Å²) in [5, 5.41) is 0. The highest BCUT2D eigenvalue weighted by Crippen LogP contribution is 2.19. The van der Waals surface area contributed by atoms with E-state index in [2.05, 4.69) is 0 Å². The lowest BCUT2D eigenvalue weighted by Gasteiger charge is -2.22. The zero-order valence-electron chi connectivity index (χ0n) is 12.8. The van der Waals surface area contributed by atoms with Gasteiger partial charge in [0.2, 0.25) is 0 Å². The number of rotatable bonds is 7. The van der Waals surface area contributed by atoms with Crippen LogP contribution in [0.25, 0.3) is 0 Å². The highest BCUT2D eigenvalue weighted by molar-refractivity contribution is 7.87. The van der Waals surface area contributed by atoms with Crippen LogP contribution in [-0.4, -0.2) is 32.7 Å². The third kappa shape index (κ3) is 5.77. The molecule has 1 aromatic rings. The normalized spacial score (nSPS) is 18.9. The largest absolute Gasteiger partial charge is 0.382 e. The number of Topliss-reactive ketones (excluding diaryl/α,β-unsaturated/α-hetero) is 1. The Kier molecular flexibility index (Phi) is 5.97. The van der Waals surface area contributed by atoms with Crippen molar-refractivity contribution in [3.05, 3.63) is 29.8 Å². The molecule has 1 aromatic carbocycles. The van der Waals surface area contributed by atoms with Gasteiger partial charge in [-0.2, -0.15) is 8.42 Å². The number of carbonyl (C=O) groups is 1. The Balaban J connectivity index is 1.89. The average molecular weight is 326 g/mol. The molecule has 0 aliphatic carbocycles. The van der Waals surface area contributed by atoms with Crippen molar-refractivity contribution in [3.8, 4) is 5.75 Å². The average Bonchev–Trinajstić information content (AvgIpc) is 2.46. The van der Waals surface area contributed by atoms with E-state index in [0.29, 0.717) is 25.2 Å². The SMILES string of the molecule is CC(=O)CCc1ccc(OS(=O)(=O)CC2CCCCO2)cc1. The standard InChI is InChI=1S/C16H22O5S/c1-13(17)5-6-14-7-9-15(10-8-14)21-22(18,19)12-16-4-2-3-11-20-16/h7-10,16H,2-6,11-12H2,1H3. The summed E-state index contributed by atoms with van der Waals surface area (Å²) in [4.78, 5) is 10.9. The predicted molar refractivity (Wildman–Crippen MR) is 83.4 cm³/mol. The fourth-order valence-corrected chi connectivity index (χ4v) is 3.57. The summed E-state index contributed by atoms with van der Waals surface area (Å²) in [5.74, 6) is 0.316. The second-order valence-corrected chi connectivity index (χ2v) is 7.26. The van der Waals surface area contributed by atoms with Crippen LogP contribution in [0.4, 0.5) is 0 Å². The van der Waals surface area contributed by atoms with Gasteiger partial charge in [0, 0.05) is 13.0 Å². The van der Waals surface area contributed by atoms with E-state index in [4.69, 9.17) is 8.92 Å². The lowest BCUT2D eigenvalue weighted by atomic mass is 10.1. The summed E-state index contributed by atoms with van der Waals surface area (Å²) in [6.45, 7) is 2.17. The van der Waals surface area contributed by atoms with Gasteiger partial charge in [0.15, 0.2) is 0 Å². The number of hydrogen-bond donors (Lipinski definition) is 0. The maximum absolute atomic E-state index is 12.0. The van der Waals surface area contributed by atoms with Crippen LogP contribution in [0, 0.1) is 0 Å². The van der Waals surface area contributed by atoms with Gasteiger partial charge in [0.1, 0.15) is 17.3 Å². The minimum atomic E-state index is -3.65. The summed E-state index contributed by atoms with van der Waals surface area (Å²) in [6.07, 6.45) is 3.60. The lowest BCUT2D eigenvalue weighted by Crippen LogP contribution is -2.29. The van der Waals surface area contributed by atoms with Crippen molar-refractivity contribution in [1.82, 2.24) is 0 Å². The first-order valence-electron chi connectivity index (χ1n) is 7.57. The van der Waals surface area contributed by atoms with Crippen molar-refractivity contribution >= 4 is 15.9 Å². The molecule has 1 atom stereocenters. The van der Waals surface area contributed by atoms with E-state index in [9.17, 15) is 13.2 Å². The molecule has 122 valence electrons. The Morgan fingerprint density at radius 1 is 1.27 bits per heavy atom. The van der Waals surface area contributed by atoms with Gasteiger partial charge in [0.25, 0.3) is 0 Å². The molecular weight excluding hydrogens is 304 g/mol. The molecule has 1 fully saturated rings. The smallest absolute Gasteiger partial charge is 0.311 e. The molecule has 1 unspecified atom stereocenters. The quantitative estimate of drug-likeness (QED) is 0.720. The molecule has 1 aliphatic rings. The van der Waals surface area contributed by atoms with E-state index >= 15 is 0 Å². The van der Waals surface area contributed by atoms with Gasteiger partial charge in [-0.3, -0.25) is 0 Å². The zero-order chi connectivity index (χ0) is 16.0. The zero-order valence-corrected chi connectivity index (χ0v) is 13.6. The predicted octanol–water partition coefficient (Wildman–Crippen LogP) is 2.49. The molecule has 0 radical (unpaired) electrons. The lowest BCUT2D eigenvalue weighted by molar-refractivity contribution is -0.116. The third-order valence-electron chi connectivity index (χ3n) is 3.58. The maximum atomic E-state index is 12.0. The summed E-state index contributed by atoms with van der Waals surface area (Å²) in [7, 11) is -3.65. The molecular formula is C16H22O5S. The Morgan fingerprint density at radius 2 is 2.00 bits per heavy atom. The first kappa shape index (κ1) is 17.0. The van der Waals surface area contributed by atoms with Crippen molar-refractivity contribution in [2.45, 2.75) is 45.1 Å². The van der Waals surface area contributed by atoms with E-state index in [-0.39, 0.29) is 17.6 Å². The van der Waals surface area contributed by atoms with Gasteiger partial charge in [-0.25, -0.2) is 0 Å². The number of ketones is 1. The third-order valence-corrected chi connectivity index (χ3v) is 4.80. The van der Waals surface area contributed by atoms with Crippen LogP contribution in [-0.2, 0) is 26.1 Å². The Labute approximate surface area is 131 Å².